The van der Waals surface area contributed by atoms with Gasteiger partial charge in [-0.15, -0.1) is 11.3 Å². The number of nitrogens with zero attached hydrogens (tertiary/aromatic N) is 2. The predicted molar refractivity (Wildman–Crippen MR) is 94.8 cm³/mol. The molecule has 22 heavy (non-hydrogen) atoms. The Morgan fingerprint density at radius 1 is 1.41 bits per heavy atom. The monoisotopic (exact) mass is 316 g/mol. The van der Waals surface area contributed by atoms with Crippen LogP contribution in [-0.2, 0) is 0 Å². The lowest BCUT2D eigenvalue weighted by Crippen LogP contribution is -2.54. The summed E-state index contributed by atoms with van der Waals surface area (Å²) >= 11 is 1.83. The standard InChI is InChI=1S/C17H24N4S/c1-5-18-17-19-12(4)14-8-13(15-7-11(3)10-22-15)9-21(6-2)16(14)20-17/h7,9-10,16H,5-6,8H2,1-4H3,(H2,18,19,20). The van der Waals surface area contributed by atoms with Gasteiger partial charge in [0.1, 0.15) is 6.17 Å². The SMILES string of the molecule is CCNC1=NC(C)=C2CC(c3cc(C)cs3)=CN(CC)C2N1. The third-order valence-electron chi connectivity index (χ3n) is 4.14. The first kappa shape index (κ1) is 15.2. The average molecular weight is 316 g/mol. The summed E-state index contributed by atoms with van der Waals surface area (Å²) in [5, 5.41) is 9.05. The highest BCUT2D eigenvalue weighted by Crippen LogP contribution is 2.36. The van der Waals surface area contributed by atoms with Gasteiger partial charge >= 0.3 is 0 Å². The second-order valence-corrected chi connectivity index (χ2v) is 6.71. The molecule has 2 N–H and O–H groups in total. The van der Waals surface area contributed by atoms with Crippen LogP contribution in [0.5, 0.6) is 0 Å². The number of nitrogens with one attached hydrogen (secondary N) is 2. The number of aryl methyl sites for hydroxylation is 1. The van der Waals surface area contributed by atoms with Gasteiger partial charge in [-0.25, -0.2) is 4.99 Å². The number of thiophene rings is 1. The zero-order chi connectivity index (χ0) is 15.7. The fraction of sp³-hybridized carbons (Fsp3) is 0.471. The smallest absolute Gasteiger partial charge is 0.198 e. The van der Waals surface area contributed by atoms with Crippen molar-refractivity contribution >= 4 is 22.9 Å². The molecular weight excluding hydrogens is 292 g/mol. The summed E-state index contributed by atoms with van der Waals surface area (Å²) in [6, 6.07) is 2.28. The van der Waals surface area contributed by atoms with E-state index in [-0.39, 0.29) is 6.17 Å². The molecule has 0 amide bonds. The van der Waals surface area contributed by atoms with Crippen LogP contribution in [0.2, 0.25) is 0 Å². The highest BCUT2D eigenvalue weighted by atomic mass is 32.1. The maximum atomic E-state index is 4.68. The summed E-state index contributed by atoms with van der Waals surface area (Å²) < 4.78 is 0. The molecule has 118 valence electrons. The molecule has 1 unspecified atom stereocenters. The van der Waals surface area contributed by atoms with E-state index in [9.17, 15) is 0 Å². The van der Waals surface area contributed by atoms with E-state index in [0.717, 1.165) is 31.2 Å². The van der Waals surface area contributed by atoms with Crippen molar-refractivity contribution in [1.82, 2.24) is 15.5 Å². The van der Waals surface area contributed by atoms with Gasteiger partial charge in [-0.3, -0.25) is 0 Å². The molecule has 0 aliphatic carbocycles. The van der Waals surface area contributed by atoms with E-state index in [1.165, 1.54) is 21.6 Å². The molecule has 3 heterocycles. The number of hydrogen-bond acceptors (Lipinski definition) is 5. The van der Waals surface area contributed by atoms with Gasteiger partial charge < -0.3 is 15.5 Å². The van der Waals surface area contributed by atoms with Crippen LogP contribution < -0.4 is 10.6 Å². The number of hydrogen-bond donors (Lipinski definition) is 2. The van der Waals surface area contributed by atoms with Crippen molar-refractivity contribution in [3.05, 3.63) is 39.4 Å². The van der Waals surface area contributed by atoms with Crippen molar-refractivity contribution in [2.75, 3.05) is 13.1 Å². The number of allylic oxidation sites excluding steroid dienone is 2. The van der Waals surface area contributed by atoms with E-state index in [1.54, 1.807) is 0 Å². The lowest BCUT2D eigenvalue weighted by molar-refractivity contribution is 0.289. The maximum absolute atomic E-state index is 4.68. The van der Waals surface area contributed by atoms with Crippen molar-refractivity contribution < 1.29 is 0 Å². The van der Waals surface area contributed by atoms with Crippen LogP contribution in [0.15, 0.2) is 33.9 Å². The normalized spacial score (nSPS) is 21.1. The number of rotatable bonds is 3. The summed E-state index contributed by atoms with van der Waals surface area (Å²) in [7, 11) is 0. The van der Waals surface area contributed by atoms with Gasteiger partial charge in [0.25, 0.3) is 0 Å². The summed E-state index contributed by atoms with van der Waals surface area (Å²) in [5.74, 6) is 0.885. The molecule has 0 fully saturated rings. The van der Waals surface area contributed by atoms with E-state index >= 15 is 0 Å². The zero-order valence-electron chi connectivity index (χ0n) is 13.7. The van der Waals surface area contributed by atoms with Gasteiger partial charge in [-0.2, -0.15) is 0 Å². The average Bonchev–Trinajstić information content (AvgIpc) is 2.93. The number of likely N-dealkylation sites (N-methyl/N-ethyl adjacent to an activating group) is 1. The fourth-order valence-electron chi connectivity index (χ4n) is 3.00. The molecule has 2 aliphatic heterocycles. The molecule has 2 aliphatic rings. The van der Waals surface area contributed by atoms with Gasteiger partial charge in [0, 0.05) is 36.3 Å². The molecule has 5 heteroatoms. The van der Waals surface area contributed by atoms with Crippen LogP contribution >= 0.6 is 11.3 Å². The zero-order valence-corrected chi connectivity index (χ0v) is 14.5. The van der Waals surface area contributed by atoms with Crippen LogP contribution in [0.4, 0.5) is 0 Å². The summed E-state index contributed by atoms with van der Waals surface area (Å²) in [4.78, 5) is 8.43. The Labute approximate surface area is 136 Å². The van der Waals surface area contributed by atoms with Crippen molar-refractivity contribution in [1.29, 1.82) is 0 Å². The van der Waals surface area contributed by atoms with Gasteiger partial charge in [-0.05, 0) is 55.9 Å². The quantitative estimate of drug-likeness (QED) is 0.899. The lowest BCUT2D eigenvalue weighted by atomic mass is 9.95. The summed E-state index contributed by atoms with van der Waals surface area (Å²) in [5.41, 5.74) is 5.25. The van der Waals surface area contributed by atoms with Gasteiger partial charge in [0.15, 0.2) is 5.96 Å². The Morgan fingerprint density at radius 3 is 2.86 bits per heavy atom. The summed E-state index contributed by atoms with van der Waals surface area (Å²) in [6.45, 7) is 10.4. The second-order valence-electron chi connectivity index (χ2n) is 5.80. The Hall–Kier alpha value is -1.75. The topological polar surface area (TPSA) is 39.7 Å². The molecule has 1 aromatic rings. The maximum Gasteiger partial charge on any atom is 0.198 e. The summed E-state index contributed by atoms with van der Waals surface area (Å²) in [6.07, 6.45) is 3.51. The van der Waals surface area contributed by atoms with Gasteiger partial charge in [0.05, 0.1) is 0 Å². The molecule has 0 bridgehead atoms. The van der Waals surface area contributed by atoms with Crippen molar-refractivity contribution in [3.8, 4) is 0 Å². The number of aliphatic imine (C=N–C) groups is 1. The molecule has 0 aromatic carbocycles. The first-order valence-corrected chi connectivity index (χ1v) is 8.81. The third-order valence-corrected chi connectivity index (χ3v) is 5.26. The molecule has 0 saturated heterocycles. The first-order chi connectivity index (χ1) is 10.6. The third kappa shape index (κ3) is 2.77. The van der Waals surface area contributed by atoms with E-state index < -0.39 is 0 Å². The Balaban J connectivity index is 1.96. The van der Waals surface area contributed by atoms with E-state index in [2.05, 4.69) is 65.9 Å². The van der Waals surface area contributed by atoms with Crippen LogP contribution in [-0.4, -0.2) is 30.1 Å². The Kier molecular flexibility index (Phi) is 4.25. The number of guanidine groups is 1. The van der Waals surface area contributed by atoms with Crippen molar-refractivity contribution in [3.63, 3.8) is 0 Å². The molecule has 0 saturated carbocycles. The van der Waals surface area contributed by atoms with E-state index in [4.69, 9.17) is 0 Å². The van der Waals surface area contributed by atoms with Crippen molar-refractivity contribution in [2.45, 2.75) is 40.3 Å². The van der Waals surface area contributed by atoms with Gasteiger partial charge in [0.2, 0.25) is 0 Å². The lowest BCUT2D eigenvalue weighted by Gasteiger charge is -2.40. The molecule has 3 rings (SSSR count). The Bertz CT molecular complexity index is 653. The minimum Gasteiger partial charge on any atom is -0.356 e. The largest absolute Gasteiger partial charge is 0.356 e. The molecular formula is C17H24N4S. The molecule has 0 radical (unpaired) electrons. The minimum absolute atomic E-state index is 0.223. The second kappa shape index (κ2) is 6.16. The molecule has 0 spiro atoms. The molecule has 1 atom stereocenters. The van der Waals surface area contributed by atoms with Gasteiger partial charge in [-0.1, -0.05) is 0 Å². The predicted octanol–water partition coefficient (Wildman–Crippen LogP) is 3.29. The highest BCUT2D eigenvalue weighted by Gasteiger charge is 2.31. The highest BCUT2D eigenvalue weighted by molar-refractivity contribution is 7.11. The van der Waals surface area contributed by atoms with E-state index in [1.807, 2.05) is 11.3 Å². The minimum atomic E-state index is 0.223. The molecule has 1 aromatic heterocycles. The van der Waals surface area contributed by atoms with Crippen molar-refractivity contribution in [2.24, 2.45) is 4.99 Å². The van der Waals surface area contributed by atoms with Crippen LogP contribution in [0.3, 0.4) is 0 Å². The van der Waals surface area contributed by atoms with Crippen LogP contribution in [0, 0.1) is 6.92 Å². The molecule has 4 nitrogen and oxygen atoms in total. The van der Waals surface area contributed by atoms with Crippen LogP contribution in [0.25, 0.3) is 5.57 Å². The Morgan fingerprint density at radius 2 is 2.23 bits per heavy atom. The first-order valence-electron chi connectivity index (χ1n) is 7.93. The fourth-order valence-corrected chi connectivity index (χ4v) is 3.91. The van der Waals surface area contributed by atoms with Crippen LogP contribution in [0.1, 0.15) is 37.6 Å². The number of fused-ring (bicyclic) bond motifs is 1. The van der Waals surface area contributed by atoms with E-state index in [0.29, 0.717) is 0 Å².